The molecular formula is C30H27BrClNO5. The average Bonchev–Trinajstić information content (AvgIpc) is 3.20. The Hall–Kier alpha value is -3.29. The number of unbranched alkanes of at least 4 members (excludes halogenated alkanes) is 2. The fourth-order valence-corrected chi connectivity index (χ4v) is 5.33. The lowest BCUT2D eigenvalue weighted by molar-refractivity contribution is 0.0971. The predicted octanol–water partition coefficient (Wildman–Crippen LogP) is 7.93. The third kappa shape index (κ3) is 4.93. The molecule has 1 atom stereocenters. The molecule has 6 nitrogen and oxygen atoms in total. The van der Waals surface area contributed by atoms with E-state index in [0.717, 1.165) is 23.7 Å². The minimum absolute atomic E-state index is 0.0210. The molecule has 0 bridgehead atoms. The zero-order valence-electron chi connectivity index (χ0n) is 21.1. The van der Waals surface area contributed by atoms with Gasteiger partial charge in [0.05, 0.1) is 30.2 Å². The summed E-state index contributed by atoms with van der Waals surface area (Å²) in [7, 11) is 0. The molecule has 0 aliphatic carbocycles. The number of hydrogen-bond donors (Lipinski definition) is 0. The van der Waals surface area contributed by atoms with E-state index in [1.807, 2.05) is 49.4 Å². The third-order valence-corrected chi connectivity index (χ3v) is 7.24. The van der Waals surface area contributed by atoms with Crippen molar-refractivity contribution < 1.29 is 18.7 Å². The molecule has 0 saturated heterocycles. The maximum atomic E-state index is 13.9. The molecule has 0 radical (unpaired) electrons. The molecule has 0 saturated carbocycles. The lowest BCUT2D eigenvalue weighted by Gasteiger charge is -2.26. The number of anilines is 1. The van der Waals surface area contributed by atoms with E-state index in [9.17, 15) is 9.59 Å². The molecule has 5 rings (SSSR count). The van der Waals surface area contributed by atoms with E-state index in [4.69, 9.17) is 25.5 Å². The van der Waals surface area contributed by atoms with Gasteiger partial charge >= 0.3 is 0 Å². The topological polar surface area (TPSA) is 69.0 Å². The van der Waals surface area contributed by atoms with Gasteiger partial charge in [0.2, 0.25) is 5.76 Å². The van der Waals surface area contributed by atoms with Crippen LogP contribution in [-0.2, 0) is 0 Å². The fraction of sp³-hybridized carbons (Fsp3) is 0.267. The Kier molecular flexibility index (Phi) is 7.77. The number of nitrogens with zero attached hydrogens (tertiary/aromatic N) is 1. The van der Waals surface area contributed by atoms with Crippen molar-refractivity contribution in [3.05, 3.63) is 97.3 Å². The van der Waals surface area contributed by atoms with Gasteiger partial charge in [-0.25, -0.2) is 0 Å². The molecule has 1 amide bonds. The highest BCUT2D eigenvalue weighted by atomic mass is 79.9. The number of benzene rings is 3. The van der Waals surface area contributed by atoms with Gasteiger partial charge in [0.15, 0.2) is 16.9 Å². The standard InChI is InChI=1S/C30H27BrClNO5/c1-3-5-6-14-37-24-12-10-18(15-25(24)36-4-2)27-26-28(34)22-17-20(32)11-13-23(22)38-29(26)30(35)33(27)21-9-7-8-19(31)16-21/h7-13,15-17,27H,3-6,14H2,1-2H3. The van der Waals surface area contributed by atoms with E-state index < -0.39 is 11.9 Å². The lowest BCUT2D eigenvalue weighted by Crippen LogP contribution is -2.29. The quantitative estimate of drug-likeness (QED) is 0.184. The Balaban J connectivity index is 1.68. The Morgan fingerprint density at radius 3 is 2.58 bits per heavy atom. The highest BCUT2D eigenvalue weighted by Gasteiger charge is 2.44. The van der Waals surface area contributed by atoms with Crippen molar-refractivity contribution in [1.82, 2.24) is 0 Å². The van der Waals surface area contributed by atoms with Crippen LogP contribution in [0.4, 0.5) is 5.69 Å². The van der Waals surface area contributed by atoms with Gasteiger partial charge in [-0.05, 0) is 67.4 Å². The number of rotatable bonds is 9. The van der Waals surface area contributed by atoms with Crippen LogP contribution in [0.25, 0.3) is 11.0 Å². The zero-order valence-corrected chi connectivity index (χ0v) is 23.5. The summed E-state index contributed by atoms with van der Waals surface area (Å²) >= 11 is 9.71. The van der Waals surface area contributed by atoms with Crippen molar-refractivity contribution in [2.75, 3.05) is 18.1 Å². The Bertz CT molecular complexity index is 1570. The molecule has 1 aliphatic rings. The fourth-order valence-electron chi connectivity index (χ4n) is 4.77. The molecule has 0 N–H and O–H groups in total. The normalized spacial score (nSPS) is 14.7. The summed E-state index contributed by atoms with van der Waals surface area (Å²) in [6.45, 7) is 5.07. The molecule has 0 fully saturated rings. The van der Waals surface area contributed by atoms with Crippen LogP contribution in [0, 0.1) is 0 Å². The molecule has 1 aromatic heterocycles. The molecule has 38 heavy (non-hydrogen) atoms. The second-order valence-electron chi connectivity index (χ2n) is 9.07. The second-order valence-corrected chi connectivity index (χ2v) is 10.4. The minimum atomic E-state index is -0.736. The predicted molar refractivity (Wildman–Crippen MR) is 153 cm³/mol. The summed E-state index contributed by atoms with van der Waals surface area (Å²) in [5.41, 5.74) is 1.61. The maximum absolute atomic E-state index is 13.9. The van der Waals surface area contributed by atoms with Gasteiger partial charge in [-0.1, -0.05) is 59.4 Å². The van der Waals surface area contributed by atoms with E-state index in [-0.39, 0.29) is 16.8 Å². The van der Waals surface area contributed by atoms with Crippen LogP contribution in [-0.4, -0.2) is 19.1 Å². The first kappa shape index (κ1) is 26.3. The molecule has 0 spiro atoms. The Morgan fingerprint density at radius 1 is 0.974 bits per heavy atom. The number of fused-ring (bicyclic) bond motifs is 2. The largest absolute Gasteiger partial charge is 0.490 e. The zero-order chi connectivity index (χ0) is 26.8. The molecule has 4 aromatic rings. The maximum Gasteiger partial charge on any atom is 0.295 e. The highest BCUT2D eigenvalue weighted by Crippen LogP contribution is 2.44. The molecule has 1 unspecified atom stereocenters. The van der Waals surface area contributed by atoms with Crippen LogP contribution in [0.1, 0.15) is 60.8 Å². The molecule has 1 aliphatic heterocycles. The van der Waals surface area contributed by atoms with E-state index in [1.54, 1.807) is 23.1 Å². The number of amides is 1. The van der Waals surface area contributed by atoms with Crippen molar-refractivity contribution in [3.63, 3.8) is 0 Å². The Labute approximate surface area is 234 Å². The molecular weight excluding hydrogens is 570 g/mol. The number of hydrogen-bond acceptors (Lipinski definition) is 5. The van der Waals surface area contributed by atoms with Crippen molar-refractivity contribution >= 4 is 50.1 Å². The first-order valence-corrected chi connectivity index (χ1v) is 13.8. The molecule has 196 valence electrons. The summed E-state index contributed by atoms with van der Waals surface area (Å²) in [4.78, 5) is 29.3. The lowest BCUT2D eigenvalue weighted by atomic mass is 9.97. The first-order chi connectivity index (χ1) is 18.4. The summed E-state index contributed by atoms with van der Waals surface area (Å²) < 4.78 is 18.8. The van der Waals surface area contributed by atoms with Crippen LogP contribution in [0.2, 0.25) is 5.02 Å². The van der Waals surface area contributed by atoms with Crippen molar-refractivity contribution in [2.45, 2.75) is 39.2 Å². The van der Waals surface area contributed by atoms with Crippen molar-refractivity contribution in [1.29, 1.82) is 0 Å². The second kappa shape index (κ2) is 11.2. The smallest absolute Gasteiger partial charge is 0.295 e. The molecule has 2 heterocycles. The molecule has 3 aromatic carbocycles. The van der Waals surface area contributed by atoms with Crippen LogP contribution in [0.5, 0.6) is 11.5 Å². The average molecular weight is 597 g/mol. The first-order valence-electron chi connectivity index (χ1n) is 12.7. The van der Waals surface area contributed by atoms with Crippen LogP contribution in [0.15, 0.2) is 74.3 Å². The monoisotopic (exact) mass is 595 g/mol. The molecule has 8 heteroatoms. The van der Waals surface area contributed by atoms with Crippen LogP contribution < -0.4 is 19.8 Å². The SMILES string of the molecule is CCCCCOc1ccc(C2c3c(oc4ccc(Cl)cc4c3=O)C(=O)N2c2cccc(Br)c2)cc1OCC. The van der Waals surface area contributed by atoms with Gasteiger partial charge in [-0.15, -0.1) is 0 Å². The highest BCUT2D eigenvalue weighted by molar-refractivity contribution is 9.10. The summed E-state index contributed by atoms with van der Waals surface area (Å²) in [5.74, 6) is 0.815. The van der Waals surface area contributed by atoms with E-state index in [2.05, 4.69) is 22.9 Å². The number of ether oxygens (including phenoxy) is 2. The van der Waals surface area contributed by atoms with Crippen molar-refractivity contribution in [3.8, 4) is 11.5 Å². The van der Waals surface area contributed by atoms with E-state index in [0.29, 0.717) is 52.0 Å². The van der Waals surface area contributed by atoms with Crippen LogP contribution >= 0.6 is 27.5 Å². The summed E-state index contributed by atoms with van der Waals surface area (Å²) in [6, 6.07) is 17.0. The number of carbonyl (C=O) groups excluding carboxylic acids is 1. The number of carbonyl (C=O) groups is 1. The Morgan fingerprint density at radius 2 is 1.82 bits per heavy atom. The summed E-state index contributed by atoms with van der Waals surface area (Å²) in [6.07, 6.45) is 3.13. The van der Waals surface area contributed by atoms with Gasteiger partial charge in [-0.3, -0.25) is 14.5 Å². The van der Waals surface area contributed by atoms with Gasteiger partial charge in [0, 0.05) is 15.2 Å². The summed E-state index contributed by atoms with van der Waals surface area (Å²) in [5, 5.41) is 0.740. The third-order valence-electron chi connectivity index (χ3n) is 6.51. The van der Waals surface area contributed by atoms with Crippen molar-refractivity contribution in [2.24, 2.45) is 0 Å². The van der Waals surface area contributed by atoms with Gasteiger partial charge in [-0.2, -0.15) is 0 Å². The minimum Gasteiger partial charge on any atom is -0.490 e. The van der Waals surface area contributed by atoms with E-state index >= 15 is 0 Å². The van der Waals surface area contributed by atoms with Gasteiger partial charge in [0.1, 0.15) is 5.58 Å². The van der Waals surface area contributed by atoms with Crippen LogP contribution in [0.3, 0.4) is 0 Å². The van der Waals surface area contributed by atoms with Gasteiger partial charge < -0.3 is 13.9 Å². The van der Waals surface area contributed by atoms with Gasteiger partial charge in [0.25, 0.3) is 5.91 Å². The number of halogens is 2. The van der Waals surface area contributed by atoms with E-state index in [1.165, 1.54) is 0 Å².